The first-order valence-electron chi connectivity index (χ1n) is 11.2. The summed E-state index contributed by atoms with van der Waals surface area (Å²) in [5.74, 6) is -0.141. The zero-order chi connectivity index (χ0) is 22.8. The van der Waals surface area contributed by atoms with Crippen LogP contribution in [0, 0.1) is 0 Å². The molecule has 7 nitrogen and oxygen atoms in total. The van der Waals surface area contributed by atoms with Crippen LogP contribution in [0.2, 0.25) is 0 Å². The predicted molar refractivity (Wildman–Crippen MR) is 133 cm³/mol. The summed E-state index contributed by atoms with van der Waals surface area (Å²) in [5, 5.41) is 8.63. The van der Waals surface area contributed by atoms with Crippen LogP contribution >= 0.6 is 15.9 Å². The Morgan fingerprint density at radius 3 is 2.50 bits per heavy atom. The van der Waals surface area contributed by atoms with Gasteiger partial charge in [0, 0.05) is 54.4 Å². The number of carbonyl (C=O) groups is 2. The van der Waals surface area contributed by atoms with Gasteiger partial charge in [-0.05, 0) is 69.0 Å². The second-order valence-electron chi connectivity index (χ2n) is 7.68. The van der Waals surface area contributed by atoms with Crippen molar-refractivity contribution in [1.82, 2.24) is 5.32 Å². The maximum atomic E-state index is 13.0. The number of ether oxygens (including phenoxy) is 1. The van der Waals surface area contributed by atoms with Gasteiger partial charge in [-0.25, -0.2) is 4.79 Å². The third-order valence-corrected chi connectivity index (χ3v) is 5.73. The number of halogens is 1. The van der Waals surface area contributed by atoms with Crippen molar-refractivity contribution in [2.45, 2.75) is 32.6 Å². The number of urea groups is 1. The minimum atomic E-state index is -0.364. The van der Waals surface area contributed by atoms with E-state index in [9.17, 15) is 9.59 Å². The first-order chi connectivity index (χ1) is 15.6. The van der Waals surface area contributed by atoms with E-state index in [0.29, 0.717) is 36.7 Å². The second kappa shape index (κ2) is 12.5. The van der Waals surface area contributed by atoms with Crippen molar-refractivity contribution in [1.29, 1.82) is 0 Å². The first-order valence-corrected chi connectivity index (χ1v) is 11.9. The summed E-state index contributed by atoms with van der Waals surface area (Å²) in [6.07, 6.45) is 4.20. The number of benzene rings is 2. The fourth-order valence-corrected chi connectivity index (χ4v) is 4.08. The van der Waals surface area contributed by atoms with E-state index >= 15 is 0 Å². The smallest absolute Gasteiger partial charge is 0.323 e. The highest BCUT2D eigenvalue weighted by atomic mass is 79.9. The Balaban J connectivity index is 1.71. The van der Waals surface area contributed by atoms with Crippen LogP contribution in [-0.2, 0) is 4.74 Å². The maximum absolute atomic E-state index is 13.0. The van der Waals surface area contributed by atoms with Crippen molar-refractivity contribution in [2.75, 3.05) is 48.4 Å². The molecule has 32 heavy (non-hydrogen) atoms. The summed E-state index contributed by atoms with van der Waals surface area (Å²) in [5.41, 5.74) is 2.72. The van der Waals surface area contributed by atoms with Gasteiger partial charge < -0.3 is 25.6 Å². The molecule has 0 aromatic heterocycles. The summed E-state index contributed by atoms with van der Waals surface area (Å²) in [6, 6.07) is 12.5. The summed E-state index contributed by atoms with van der Waals surface area (Å²) < 4.78 is 6.22. The van der Waals surface area contributed by atoms with Crippen LogP contribution in [0.25, 0.3) is 0 Å². The van der Waals surface area contributed by atoms with Crippen LogP contribution in [0.4, 0.5) is 21.9 Å². The van der Waals surface area contributed by atoms with Crippen molar-refractivity contribution in [3.8, 4) is 0 Å². The van der Waals surface area contributed by atoms with Crippen molar-refractivity contribution < 1.29 is 14.3 Å². The van der Waals surface area contributed by atoms with Gasteiger partial charge in [-0.3, -0.25) is 4.79 Å². The second-order valence-corrected chi connectivity index (χ2v) is 8.59. The molecule has 8 heteroatoms. The molecule has 1 aliphatic heterocycles. The molecule has 1 saturated heterocycles. The van der Waals surface area contributed by atoms with Crippen LogP contribution < -0.4 is 20.9 Å². The SMILES string of the molecule is CCOCCCNC(=O)c1cc(NC(=O)Nc2cccc(Br)c2)ccc1N1CCCCC1. The van der Waals surface area contributed by atoms with Crippen molar-refractivity contribution in [2.24, 2.45) is 0 Å². The Morgan fingerprint density at radius 1 is 1.03 bits per heavy atom. The van der Waals surface area contributed by atoms with E-state index in [1.165, 1.54) is 6.42 Å². The third-order valence-electron chi connectivity index (χ3n) is 5.23. The highest BCUT2D eigenvalue weighted by Crippen LogP contribution is 2.27. The lowest BCUT2D eigenvalue weighted by Crippen LogP contribution is -2.33. The van der Waals surface area contributed by atoms with E-state index in [-0.39, 0.29) is 11.9 Å². The Labute approximate surface area is 198 Å². The monoisotopic (exact) mass is 502 g/mol. The summed E-state index contributed by atoms with van der Waals surface area (Å²) >= 11 is 3.40. The van der Waals surface area contributed by atoms with Crippen molar-refractivity contribution >= 4 is 44.9 Å². The molecule has 172 valence electrons. The molecule has 0 saturated carbocycles. The molecule has 3 rings (SSSR count). The van der Waals surface area contributed by atoms with Crippen molar-refractivity contribution in [3.05, 3.63) is 52.5 Å². The normalized spacial score (nSPS) is 13.5. The number of hydrogen-bond donors (Lipinski definition) is 3. The van der Waals surface area contributed by atoms with Gasteiger partial charge in [-0.15, -0.1) is 0 Å². The van der Waals surface area contributed by atoms with Gasteiger partial charge in [0.1, 0.15) is 0 Å². The Hall–Kier alpha value is -2.58. The lowest BCUT2D eigenvalue weighted by Gasteiger charge is -2.30. The van der Waals surface area contributed by atoms with Crippen LogP contribution in [0.15, 0.2) is 46.9 Å². The molecule has 0 bridgehead atoms. The average molecular weight is 503 g/mol. The topological polar surface area (TPSA) is 82.7 Å². The molecule has 3 N–H and O–H groups in total. The molecule has 3 amide bonds. The minimum absolute atomic E-state index is 0.141. The van der Waals surface area contributed by atoms with Gasteiger partial charge in [0.15, 0.2) is 0 Å². The first kappa shape index (κ1) is 24.1. The van der Waals surface area contributed by atoms with Gasteiger partial charge >= 0.3 is 6.03 Å². The summed E-state index contributed by atoms with van der Waals surface area (Å²) in [7, 11) is 0. The van der Waals surface area contributed by atoms with Crippen LogP contribution in [-0.4, -0.2) is 44.8 Å². The standard InChI is InChI=1S/C24H31BrN4O3/c1-2-32-15-7-12-26-23(30)21-17-20(10-11-22(21)29-13-4-3-5-14-29)28-24(31)27-19-9-6-8-18(25)16-19/h6,8-11,16-17H,2-5,7,12-15H2,1H3,(H,26,30)(H2,27,28,31). The third kappa shape index (κ3) is 7.24. The van der Waals surface area contributed by atoms with E-state index in [1.54, 1.807) is 6.07 Å². The molecule has 0 aliphatic carbocycles. The quantitative estimate of drug-likeness (QED) is 0.409. The molecule has 0 spiro atoms. The highest BCUT2D eigenvalue weighted by Gasteiger charge is 2.19. The summed E-state index contributed by atoms with van der Waals surface area (Å²) in [6.45, 7) is 5.64. The number of anilines is 3. The van der Waals surface area contributed by atoms with E-state index in [1.807, 2.05) is 43.3 Å². The summed E-state index contributed by atoms with van der Waals surface area (Å²) in [4.78, 5) is 27.7. The lowest BCUT2D eigenvalue weighted by molar-refractivity contribution is 0.0944. The number of piperidine rings is 1. The Kier molecular flexibility index (Phi) is 9.37. The molecule has 2 aromatic carbocycles. The minimum Gasteiger partial charge on any atom is -0.382 e. The lowest BCUT2D eigenvalue weighted by atomic mass is 10.1. The fourth-order valence-electron chi connectivity index (χ4n) is 3.68. The molecule has 0 atom stereocenters. The van der Waals surface area contributed by atoms with Crippen LogP contribution in [0.1, 0.15) is 43.0 Å². The maximum Gasteiger partial charge on any atom is 0.323 e. The van der Waals surface area contributed by atoms with E-state index in [4.69, 9.17) is 4.74 Å². The zero-order valence-electron chi connectivity index (χ0n) is 18.5. The number of hydrogen-bond acceptors (Lipinski definition) is 4. The average Bonchev–Trinajstić information content (AvgIpc) is 2.79. The molecule has 1 fully saturated rings. The number of nitrogens with one attached hydrogen (secondary N) is 3. The van der Waals surface area contributed by atoms with Gasteiger partial charge in [0.25, 0.3) is 5.91 Å². The fraction of sp³-hybridized carbons (Fsp3) is 0.417. The molecular formula is C24H31BrN4O3. The van der Waals surface area contributed by atoms with Crippen molar-refractivity contribution in [3.63, 3.8) is 0 Å². The van der Waals surface area contributed by atoms with Gasteiger partial charge in [-0.1, -0.05) is 22.0 Å². The molecular weight excluding hydrogens is 472 g/mol. The van der Waals surface area contributed by atoms with Gasteiger partial charge in [0.05, 0.1) is 5.56 Å². The van der Waals surface area contributed by atoms with E-state index in [0.717, 1.165) is 42.5 Å². The largest absolute Gasteiger partial charge is 0.382 e. The molecule has 2 aromatic rings. The molecule has 1 heterocycles. The Morgan fingerprint density at radius 2 is 1.78 bits per heavy atom. The van der Waals surface area contributed by atoms with Crippen LogP contribution in [0.5, 0.6) is 0 Å². The van der Waals surface area contributed by atoms with Gasteiger partial charge in [0.2, 0.25) is 0 Å². The van der Waals surface area contributed by atoms with Gasteiger partial charge in [-0.2, -0.15) is 0 Å². The number of nitrogens with zero attached hydrogens (tertiary/aromatic N) is 1. The number of carbonyl (C=O) groups excluding carboxylic acids is 2. The number of rotatable bonds is 9. The molecule has 0 unspecified atom stereocenters. The van der Waals surface area contributed by atoms with E-state index < -0.39 is 0 Å². The highest BCUT2D eigenvalue weighted by molar-refractivity contribution is 9.10. The Bertz CT molecular complexity index is 916. The zero-order valence-corrected chi connectivity index (χ0v) is 20.0. The molecule has 0 radical (unpaired) electrons. The molecule has 1 aliphatic rings. The number of amides is 3. The predicted octanol–water partition coefficient (Wildman–Crippen LogP) is 5.24. The van der Waals surface area contributed by atoms with E-state index in [2.05, 4.69) is 36.8 Å². The van der Waals surface area contributed by atoms with Crippen LogP contribution in [0.3, 0.4) is 0 Å².